The predicted molar refractivity (Wildman–Crippen MR) is 87.9 cm³/mol. The molecule has 1 aromatic rings. The zero-order valence-electron chi connectivity index (χ0n) is 14.3. The predicted octanol–water partition coefficient (Wildman–Crippen LogP) is 0.534. The fraction of sp³-hybridized carbons (Fsp3) is 0.667. The molecule has 0 saturated carbocycles. The van der Waals surface area contributed by atoms with E-state index in [0.29, 0.717) is 19.8 Å². The van der Waals surface area contributed by atoms with Gasteiger partial charge in [0.1, 0.15) is 18.3 Å². The van der Waals surface area contributed by atoms with E-state index in [0.717, 1.165) is 18.7 Å². The smallest absolute Gasteiger partial charge is 0.184 e. The summed E-state index contributed by atoms with van der Waals surface area (Å²) in [5.74, 6) is 0. The summed E-state index contributed by atoms with van der Waals surface area (Å²) in [5, 5.41) is 11.1. The first kappa shape index (κ1) is 17.4. The molecule has 3 aliphatic rings. The number of methoxy groups -OCH3 is 1. The number of hydrogen-bond acceptors (Lipinski definition) is 7. The average molecular weight is 351 g/mol. The van der Waals surface area contributed by atoms with Crippen LogP contribution in [0.15, 0.2) is 30.3 Å². The highest BCUT2D eigenvalue weighted by Gasteiger charge is 2.51. The van der Waals surface area contributed by atoms with Crippen LogP contribution < -0.4 is 0 Å². The highest BCUT2D eigenvalue weighted by atomic mass is 16.7. The molecule has 7 heteroatoms. The highest BCUT2D eigenvalue weighted by molar-refractivity contribution is 5.16. The van der Waals surface area contributed by atoms with Crippen molar-refractivity contribution in [3.8, 4) is 0 Å². The Hall–Kier alpha value is -1.06. The topological polar surface area (TPSA) is 69.6 Å². The van der Waals surface area contributed by atoms with Crippen LogP contribution >= 0.6 is 0 Å². The van der Waals surface area contributed by atoms with Crippen LogP contribution in [-0.2, 0) is 23.7 Å². The van der Waals surface area contributed by atoms with Gasteiger partial charge in [-0.25, -0.2) is 0 Å². The second-order valence-corrected chi connectivity index (χ2v) is 6.58. The van der Waals surface area contributed by atoms with Crippen LogP contribution in [0.25, 0.3) is 0 Å². The fourth-order valence-corrected chi connectivity index (χ4v) is 3.82. The molecule has 3 heterocycles. The van der Waals surface area contributed by atoms with Gasteiger partial charge in [0.05, 0.1) is 25.9 Å². The lowest BCUT2D eigenvalue weighted by atomic mass is 9.94. The van der Waals surface area contributed by atoms with Gasteiger partial charge in [-0.05, 0) is 0 Å². The molecule has 6 atom stereocenters. The van der Waals surface area contributed by atoms with Crippen LogP contribution in [0.5, 0.6) is 0 Å². The molecule has 0 aliphatic carbocycles. The molecule has 7 nitrogen and oxygen atoms in total. The molecular formula is C18H25NO6. The minimum absolute atomic E-state index is 0.287. The molecule has 1 N–H and O–H groups in total. The number of morpholine rings is 1. The number of nitrogens with zero attached hydrogens (tertiary/aromatic N) is 1. The molecule has 0 radical (unpaired) electrons. The lowest BCUT2D eigenvalue weighted by molar-refractivity contribution is -0.351. The third-order valence-electron chi connectivity index (χ3n) is 5.10. The van der Waals surface area contributed by atoms with Gasteiger partial charge >= 0.3 is 0 Å². The Morgan fingerprint density at radius 3 is 2.60 bits per heavy atom. The van der Waals surface area contributed by atoms with Gasteiger partial charge in [-0.3, -0.25) is 4.90 Å². The zero-order valence-corrected chi connectivity index (χ0v) is 14.3. The van der Waals surface area contributed by atoms with Crippen molar-refractivity contribution in [3.63, 3.8) is 0 Å². The third-order valence-corrected chi connectivity index (χ3v) is 5.10. The molecule has 4 unspecified atom stereocenters. The van der Waals surface area contributed by atoms with Gasteiger partial charge in [0.15, 0.2) is 12.6 Å². The number of rotatable bonds is 3. The Kier molecular flexibility index (Phi) is 5.33. The van der Waals surface area contributed by atoms with E-state index in [1.165, 1.54) is 0 Å². The number of aliphatic hydroxyl groups excluding tert-OH is 1. The van der Waals surface area contributed by atoms with E-state index >= 15 is 0 Å². The van der Waals surface area contributed by atoms with Crippen LogP contribution in [0.3, 0.4) is 0 Å². The van der Waals surface area contributed by atoms with Crippen molar-refractivity contribution < 1.29 is 28.8 Å². The average Bonchev–Trinajstić information content (AvgIpc) is 2.69. The molecule has 3 aliphatic heterocycles. The van der Waals surface area contributed by atoms with Gasteiger partial charge in [0, 0.05) is 25.8 Å². The van der Waals surface area contributed by atoms with Crippen molar-refractivity contribution in [2.45, 2.75) is 36.9 Å². The number of fused-ring (bicyclic) bond motifs is 1. The molecular weight excluding hydrogens is 326 g/mol. The fourth-order valence-electron chi connectivity index (χ4n) is 3.82. The third kappa shape index (κ3) is 3.46. The molecule has 3 saturated heterocycles. The molecule has 25 heavy (non-hydrogen) atoms. The quantitative estimate of drug-likeness (QED) is 0.852. The summed E-state index contributed by atoms with van der Waals surface area (Å²) < 4.78 is 28.9. The normalized spacial score (nSPS) is 39.8. The largest absolute Gasteiger partial charge is 0.388 e. The van der Waals surface area contributed by atoms with Crippen LogP contribution in [0.2, 0.25) is 0 Å². The first-order chi connectivity index (χ1) is 12.3. The van der Waals surface area contributed by atoms with Crippen molar-refractivity contribution in [1.82, 2.24) is 4.90 Å². The van der Waals surface area contributed by atoms with E-state index in [1.54, 1.807) is 7.11 Å². The van der Waals surface area contributed by atoms with Crippen LogP contribution in [0.4, 0.5) is 0 Å². The lowest BCUT2D eigenvalue weighted by Gasteiger charge is -2.50. The molecule has 4 rings (SSSR count). The van der Waals surface area contributed by atoms with Crippen LogP contribution in [0, 0.1) is 0 Å². The van der Waals surface area contributed by atoms with Gasteiger partial charge in [-0.1, -0.05) is 30.3 Å². The summed E-state index contributed by atoms with van der Waals surface area (Å²) in [6.07, 6.45) is -2.55. The van der Waals surface area contributed by atoms with E-state index in [2.05, 4.69) is 4.90 Å². The summed E-state index contributed by atoms with van der Waals surface area (Å²) in [5.41, 5.74) is 0.935. The van der Waals surface area contributed by atoms with Crippen LogP contribution in [0.1, 0.15) is 11.9 Å². The number of hydrogen-bond donors (Lipinski definition) is 1. The number of benzene rings is 1. The maximum Gasteiger partial charge on any atom is 0.184 e. The van der Waals surface area contributed by atoms with E-state index in [9.17, 15) is 5.11 Å². The van der Waals surface area contributed by atoms with Crippen molar-refractivity contribution in [1.29, 1.82) is 0 Å². The molecule has 0 spiro atoms. The second kappa shape index (κ2) is 7.67. The van der Waals surface area contributed by atoms with Crippen molar-refractivity contribution >= 4 is 0 Å². The Morgan fingerprint density at radius 1 is 1.12 bits per heavy atom. The maximum absolute atomic E-state index is 11.1. The van der Waals surface area contributed by atoms with Crippen molar-refractivity contribution in [2.24, 2.45) is 0 Å². The summed E-state index contributed by atoms with van der Waals surface area (Å²) in [7, 11) is 1.60. The molecule has 0 bridgehead atoms. The van der Waals surface area contributed by atoms with E-state index in [-0.39, 0.29) is 12.1 Å². The Morgan fingerprint density at radius 2 is 1.88 bits per heavy atom. The summed E-state index contributed by atoms with van der Waals surface area (Å²) in [6.45, 7) is 3.12. The van der Waals surface area contributed by atoms with E-state index in [4.69, 9.17) is 23.7 Å². The van der Waals surface area contributed by atoms with Gasteiger partial charge < -0.3 is 28.8 Å². The summed E-state index contributed by atoms with van der Waals surface area (Å²) in [6, 6.07) is 9.46. The minimum Gasteiger partial charge on any atom is -0.388 e. The summed E-state index contributed by atoms with van der Waals surface area (Å²) in [4.78, 5) is 2.16. The Bertz CT molecular complexity index is 552. The standard InChI is InChI=1S/C18H25NO6/c1-21-18-14(19-7-9-22-10-8-19)15(20)16-13(24-18)11-23-17(25-16)12-5-3-2-4-6-12/h2-6,13-18,20H,7-11H2,1H3/t13?,14?,15?,16-,17?,18-/m1/s1. The van der Waals surface area contributed by atoms with E-state index in [1.807, 2.05) is 30.3 Å². The number of aliphatic hydroxyl groups is 1. The Labute approximate surface area is 147 Å². The van der Waals surface area contributed by atoms with Gasteiger partial charge in [0.2, 0.25) is 0 Å². The van der Waals surface area contributed by atoms with Gasteiger partial charge in [-0.2, -0.15) is 0 Å². The maximum atomic E-state index is 11.1. The molecule has 3 fully saturated rings. The molecule has 1 aromatic carbocycles. The van der Waals surface area contributed by atoms with Crippen molar-refractivity contribution in [2.75, 3.05) is 40.0 Å². The lowest BCUT2D eigenvalue weighted by Crippen LogP contribution is -2.67. The monoisotopic (exact) mass is 351 g/mol. The minimum atomic E-state index is -0.725. The highest BCUT2D eigenvalue weighted by Crippen LogP contribution is 2.35. The Balaban J connectivity index is 1.52. The first-order valence-corrected chi connectivity index (χ1v) is 8.78. The van der Waals surface area contributed by atoms with Gasteiger partial charge in [0.25, 0.3) is 0 Å². The van der Waals surface area contributed by atoms with Crippen LogP contribution in [-0.4, -0.2) is 80.7 Å². The molecule has 138 valence electrons. The molecule has 0 amide bonds. The second-order valence-electron chi connectivity index (χ2n) is 6.58. The van der Waals surface area contributed by atoms with Gasteiger partial charge in [-0.15, -0.1) is 0 Å². The van der Waals surface area contributed by atoms with E-state index < -0.39 is 24.8 Å². The summed E-state index contributed by atoms with van der Waals surface area (Å²) >= 11 is 0. The molecule has 0 aromatic heterocycles. The first-order valence-electron chi connectivity index (χ1n) is 8.78. The zero-order chi connectivity index (χ0) is 17.2. The number of ether oxygens (including phenoxy) is 5. The SMILES string of the molecule is CO[C@@H]1OC2COC(c3ccccc3)O[C@H]2C(O)C1N1CCOCC1. The van der Waals surface area contributed by atoms with Crippen molar-refractivity contribution in [3.05, 3.63) is 35.9 Å².